The summed E-state index contributed by atoms with van der Waals surface area (Å²) in [5.41, 5.74) is 0. The van der Waals surface area contributed by atoms with E-state index in [1.807, 2.05) is 7.05 Å². The maximum Gasteiger partial charge on any atom is 0.190 e. The molecule has 0 unspecified atom stereocenters. The van der Waals surface area contributed by atoms with Crippen molar-refractivity contribution in [2.45, 2.75) is 46.5 Å². The van der Waals surface area contributed by atoms with Crippen LogP contribution in [0.3, 0.4) is 0 Å². The average molecular weight is 326 g/mol. The van der Waals surface area contributed by atoms with Gasteiger partial charge in [-0.15, -0.1) is 0 Å². The Kier molecular flexibility index (Phi) is 11.1. The van der Waals surface area contributed by atoms with Gasteiger partial charge in [-0.2, -0.15) is 0 Å². The van der Waals surface area contributed by atoms with E-state index in [0.29, 0.717) is 0 Å². The van der Waals surface area contributed by atoms with Crippen LogP contribution in [0.25, 0.3) is 0 Å². The number of nitrogens with zero attached hydrogens (tertiary/aromatic N) is 3. The Morgan fingerprint density at radius 3 is 2.26 bits per heavy atom. The van der Waals surface area contributed by atoms with E-state index in [0.717, 1.165) is 51.0 Å². The fraction of sp³-hybridized carbons (Fsp3) is 0.944. The molecule has 0 aromatic carbocycles. The number of guanidine groups is 1. The third kappa shape index (κ3) is 9.16. The molecule has 1 saturated heterocycles. The molecule has 1 heterocycles. The number of piperidine rings is 1. The standard InChI is InChI=1S/C18H39N5/c1-5-22(6-2)13-7-11-20-18(19-4)21-12-8-14-23-15-9-17(3)10-16-23/h17H,5-16H2,1-4H3,(H2,19,20,21). The molecule has 1 fully saturated rings. The van der Waals surface area contributed by atoms with Crippen molar-refractivity contribution in [2.75, 3.05) is 59.4 Å². The van der Waals surface area contributed by atoms with Crippen LogP contribution in [0.15, 0.2) is 4.99 Å². The topological polar surface area (TPSA) is 42.9 Å². The molecule has 2 N–H and O–H groups in total. The van der Waals surface area contributed by atoms with Gasteiger partial charge in [0, 0.05) is 20.1 Å². The van der Waals surface area contributed by atoms with Crippen molar-refractivity contribution >= 4 is 5.96 Å². The fourth-order valence-corrected chi connectivity index (χ4v) is 3.07. The highest BCUT2D eigenvalue weighted by atomic mass is 15.2. The maximum absolute atomic E-state index is 4.31. The molecule has 0 saturated carbocycles. The molecule has 0 amide bonds. The Labute approximate surface area is 143 Å². The van der Waals surface area contributed by atoms with Crippen molar-refractivity contribution in [3.05, 3.63) is 0 Å². The van der Waals surface area contributed by atoms with E-state index in [9.17, 15) is 0 Å². The summed E-state index contributed by atoms with van der Waals surface area (Å²) in [6.45, 7) is 16.0. The SMILES string of the molecule is CCN(CC)CCCNC(=NC)NCCCN1CCC(C)CC1. The molecule has 136 valence electrons. The maximum atomic E-state index is 4.31. The lowest BCUT2D eigenvalue weighted by Crippen LogP contribution is -2.40. The van der Waals surface area contributed by atoms with Gasteiger partial charge < -0.3 is 20.4 Å². The molecule has 5 nitrogen and oxygen atoms in total. The van der Waals surface area contributed by atoms with Gasteiger partial charge in [0.05, 0.1) is 0 Å². The van der Waals surface area contributed by atoms with Crippen molar-refractivity contribution < 1.29 is 0 Å². The molecular formula is C18H39N5. The van der Waals surface area contributed by atoms with Crippen LogP contribution < -0.4 is 10.6 Å². The van der Waals surface area contributed by atoms with Crippen LogP contribution in [0.1, 0.15) is 46.5 Å². The molecule has 0 bridgehead atoms. The van der Waals surface area contributed by atoms with Crippen molar-refractivity contribution in [3.8, 4) is 0 Å². The van der Waals surface area contributed by atoms with Gasteiger partial charge in [0.15, 0.2) is 5.96 Å². The highest BCUT2D eigenvalue weighted by Crippen LogP contribution is 2.15. The number of nitrogens with one attached hydrogen (secondary N) is 2. The van der Waals surface area contributed by atoms with E-state index in [1.54, 1.807) is 0 Å². The second kappa shape index (κ2) is 12.6. The predicted octanol–water partition coefficient (Wildman–Crippen LogP) is 2.01. The Balaban J connectivity index is 2.03. The van der Waals surface area contributed by atoms with Crippen LogP contribution in [0.5, 0.6) is 0 Å². The van der Waals surface area contributed by atoms with Crippen LogP contribution in [-0.4, -0.2) is 75.2 Å². The second-order valence-corrected chi connectivity index (χ2v) is 6.68. The zero-order chi connectivity index (χ0) is 16.9. The lowest BCUT2D eigenvalue weighted by molar-refractivity contribution is 0.191. The van der Waals surface area contributed by atoms with E-state index < -0.39 is 0 Å². The number of aliphatic imine (C=N–C) groups is 1. The zero-order valence-corrected chi connectivity index (χ0v) is 15.9. The summed E-state index contributed by atoms with van der Waals surface area (Å²) < 4.78 is 0. The Hall–Kier alpha value is -0.810. The summed E-state index contributed by atoms with van der Waals surface area (Å²) in [6.07, 6.45) is 5.08. The predicted molar refractivity (Wildman–Crippen MR) is 101 cm³/mol. The lowest BCUT2D eigenvalue weighted by Gasteiger charge is -2.30. The first kappa shape index (κ1) is 20.2. The summed E-state index contributed by atoms with van der Waals surface area (Å²) in [7, 11) is 1.85. The molecule has 1 rings (SSSR count). The van der Waals surface area contributed by atoms with Gasteiger partial charge in [-0.05, 0) is 70.9 Å². The van der Waals surface area contributed by atoms with Crippen LogP contribution in [-0.2, 0) is 0 Å². The highest BCUT2D eigenvalue weighted by Gasteiger charge is 2.14. The average Bonchev–Trinajstić information content (AvgIpc) is 2.58. The Morgan fingerprint density at radius 1 is 1.09 bits per heavy atom. The first-order valence-corrected chi connectivity index (χ1v) is 9.58. The minimum Gasteiger partial charge on any atom is -0.356 e. The van der Waals surface area contributed by atoms with Gasteiger partial charge in [-0.3, -0.25) is 4.99 Å². The van der Waals surface area contributed by atoms with Crippen LogP contribution in [0, 0.1) is 5.92 Å². The highest BCUT2D eigenvalue weighted by molar-refractivity contribution is 5.79. The van der Waals surface area contributed by atoms with E-state index in [1.165, 1.54) is 38.9 Å². The van der Waals surface area contributed by atoms with Crippen LogP contribution in [0.2, 0.25) is 0 Å². The number of rotatable bonds is 10. The van der Waals surface area contributed by atoms with E-state index in [4.69, 9.17) is 0 Å². The number of hydrogen-bond donors (Lipinski definition) is 2. The van der Waals surface area contributed by atoms with Gasteiger partial charge in [0.1, 0.15) is 0 Å². The van der Waals surface area contributed by atoms with Gasteiger partial charge in [-0.25, -0.2) is 0 Å². The number of hydrogen-bond acceptors (Lipinski definition) is 3. The second-order valence-electron chi connectivity index (χ2n) is 6.68. The monoisotopic (exact) mass is 325 g/mol. The fourth-order valence-electron chi connectivity index (χ4n) is 3.07. The minimum absolute atomic E-state index is 0.920. The van der Waals surface area contributed by atoms with E-state index >= 15 is 0 Å². The van der Waals surface area contributed by atoms with Gasteiger partial charge >= 0.3 is 0 Å². The van der Waals surface area contributed by atoms with Crippen LogP contribution >= 0.6 is 0 Å². The molecule has 0 radical (unpaired) electrons. The Bertz CT molecular complexity index is 307. The van der Waals surface area contributed by atoms with Gasteiger partial charge in [0.25, 0.3) is 0 Å². The molecule has 23 heavy (non-hydrogen) atoms. The summed E-state index contributed by atoms with van der Waals surface area (Å²) in [5.74, 6) is 1.86. The molecule has 0 aliphatic carbocycles. The van der Waals surface area contributed by atoms with Gasteiger partial charge in [-0.1, -0.05) is 20.8 Å². The van der Waals surface area contributed by atoms with Crippen LogP contribution in [0.4, 0.5) is 0 Å². The molecule has 0 aromatic rings. The smallest absolute Gasteiger partial charge is 0.190 e. The summed E-state index contributed by atoms with van der Waals surface area (Å²) in [6, 6.07) is 0. The van der Waals surface area contributed by atoms with Crippen molar-refractivity contribution in [1.29, 1.82) is 0 Å². The molecule has 1 aliphatic heterocycles. The third-order valence-corrected chi connectivity index (χ3v) is 4.88. The summed E-state index contributed by atoms with van der Waals surface area (Å²) >= 11 is 0. The van der Waals surface area contributed by atoms with Crippen molar-refractivity contribution in [3.63, 3.8) is 0 Å². The molecule has 5 heteroatoms. The molecule has 0 atom stereocenters. The zero-order valence-electron chi connectivity index (χ0n) is 15.9. The lowest BCUT2D eigenvalue weighted by atomic mass is 9.99. The van der Waals surface area contributed by atoms with Gasteiger partial charge in [0.2, 0.25) is 0 Å². The minimum atomic E-state index is 0.920. The van der Waals surface area contributed by atoms with Crippen molar-refractivity contribution in [2.24, 2.45) is 10.9 Å². The van der Waals surface area contributed by atoms with Crippen molar-refractivity contribution in [1.82, 2.24) is 20.4 Å². The third-order valence-electron chi connectivity index (χ3n) is 4.88. The van der Waals surface area contributed by atoms with E-state index in [-0.39, 0.29) is 0 Å². The first-order valence-electron chi connectivity index (χ1n) is 9.58. The molecule has 0 aromatic heterocycles. The normalized spacial score (nSPS) is 17.7. The summed E-state index contributed by atoms with van der Waals surface area (Å²) in [4.78, 5) is 9.36. The quantitative estimate of drug-likeness (QED) is 0.366. The first-order chi connectivity index (χ1) is 11.2. The number of likely N-dealkylation sites (tertiary alicyclic amines) is 1. The largest absolute Gasteiger partial charge is 0.356 e. The molecule has 0 spiro atoms. The van der Waals surface area contributed by atoms with E-state index in [2.05, 4.69) is 46.2 Å². The summed E-state index contributed by atoms with van der Waals surface area (Å²) in [5, 5.41) is 6.85. The Morgan fingerprint density at radius 2 is 1.70 bits per heavy atom. The molecule has 1 aliphatic rings. The molecular weight excluding hydrogens is 286 g/mol.